The van der Waals surface area contributed by atoms with E-state index in [-0.39, 0.29) is 24.2 Å². The Morgan fingerprint density at radius 1 is 1.33 bits per heavy atom. The first-order valence-electron chi connectivity index (χ1n) is 6.69. The lowest BCUT2D eigenvalue weighted by atomic mass is 10.1. The molecular weight excluding hydrogens is 230 g/mol. The summed E-state index contributed by atoms with van der Waals surface area (Å²) in [6.07, 6.45) is 1.79. The van der Waals surface area contributed by atoms with E-state index in [2.05, 4.69) is 11.0 Å². The highest BCUT2D eigenvalue weighted by Crippen LogP contribution is 2.21. The Balaban J connectivity index is 1.83. The van der Waals surface area contributed by atoms with Crippen molar-refractivity contribution < 1.29 is 9.53 Å². The predicted octanol–water partition coefficient (Wildman–Crippen LogP) is 0.610. The number of amides is 1. The number of rotatable bonds is 2. The number of carbonyl (C=O) groups is 1. The van der Waals surface area contributed by atoms with Crippen LogP contribution in [0.4, 0.5) is 0 Å². The molecule has 2 rings (SSSR count). The molecule has 1 amide bonds. The Bertz CT molecular complexity index is 345. The minimum absolute atomic E-state index is 0.0648. The minimum Gasteiger partial charge on any atom is -0.365 e. The molecule has 5 nitrogen and oxygen atoms in total. The lowest BCUT2D eigenvalue weighted by molar-refractivity contribution is -0.144. The molecule has 18 heavy (non-hydrogen) atoms. The van der Waals surface area contributed by atoms with E-state index in [1.165, 1.54) is 0 Å². The molecule has 0 saturated carbocycles. The highest BCUT2D eigenvalue weighted by molar-refractivity contribution is 5.81. The molecule has 2 aliphatic rings. The quantitative estimate of drug-likeness (QED) is 0.721. The molecule has 0 bridgehead atoms. The van der Waals surface area contributed by atoms with E-state index in [4.69, 9.17) is 10.00 Å². The fourth-order valence-corrected chi connectivity index (χ4v) is 2.60. The Kier molecular flexibility index (Phi) is 4.20. The molecule has 5 heteroatoms. The Hall–Kier alpha value is -1.12. The molecule has 0 aromatic heterocycles. The van der Waals surface area contributed by atoms with Gasteiger partial charge < -0.3 is 9.64 Å². The fraction of sp³-hybridized carbons (Fsp3) is 0.846. The first kappa shape index (κ1) is 13.3. The molecule has 3 unspecified atom stereocenters. The summed E-state index contributed by atoms with van der Waals surface area (Å²) in [4.78, 5) is 16.2. The highest BCUT2D eigenvalue weighted by Gasteiger charge is 2.33. The molecule has 100 valence electrons. The van der Waals surface area contributed by atoms with Crippen LogP contribution in [0.2, 0.25) is 0 Å². The zero-order chi connectivity index (χ0) is 13.1. The summed E-state index contributed by atoms with van der Waals surface area (Å²) in [5, 5.41) is 8.87. The highest BCUT2D eigenvalue weighted by atomic mass is 16.5. The van der Waals surface area contributed by atoms with Gasteiger partial charge in [-0.15, -0.1) is 0 Å². The third-order valence-corrected chi connectivity index (χ3v) is 3.87. The molecular formula is C13H21N3O2. The average molecular weight is 251 g/mol. The first-order chi connectivity index (χ1) is 8.61. The van der Waals surface area contributed by atoms with E-state index in [9.17, 15) is 4.79 Å². The summed E-state index contributed by atoms with van der Waals surface area (Å²) < 4.78 is 5.61. The third kappa shape index (κ3) is 2.82. The minimum atomic E-state index is -0.236. The van der Waals surface area contributed by atoms with E-state index < -0.39 is 0 Å². The molecule has 0 spiro atoms. The smallest absolute Gasteiger partial charge is 0.251 e. The lowest BCUT2D eigenvalue weighted by Gasteiger charge is -2.36. The van der Waals surface area contributed by atoms with Crippen LogP contribution < -0.4 is 0 Å². The lowest BCUT2D eigenvalue weighted by Crippen LogP contribution is -2.53. The SMILES string of the molecule is CC1CCC(C(=O)N2CCN(C(C)C#N)CC2)O1. The van der Waals surface area contributed by atoms with Crippen molar-refractivity contribution in [1.82, 2.24) is 9.80 Å². The number of piperazine rings is 1. The zero-order valence-corrected chi connectivity index (χ0v) is 11.1. The van der Waals surface area contributed by atoms with Crippen LogP contribution in [0.25, 0.3) is 0 Å². The standard InChI is InChI=1S/C13H21N3O2/c1-10(9-14)15-5-7-16(8-6-15)13(17)12-4-3-11(2)18-12/h10-12H,3-8H2,1-2H3. The topological polar surface area (TPSA) is 56.6 Å². The molecule has 0 aromatic carbocycles. The van der Waals surface area contributed by atoms with Crippen LogP contribution in [0.3, 0.4) is 0 Å². The molecule has 2 saturated heterocycles. The van der Waals surface area contributed by atoms with E-state index in [1.54, 1.807) is 0 Å². The van der Waals surface area contributed by atoms with Gasteiger partial charge >= 0.3 is 0 Å². The van der Waals surface area contributed by atoms with Gasteiger partial charge in [-0.1, -0.05) is 0 Å². The summed E-state index contributed by atoms with van der Waals surface area (Å²) in [6.45, 7) is 6.89. The molecule has 0 N–H and O–H groups in total. The van der Waals surface area contributed by atoms with Gasteiger partial charge in [0.2, 0.25) is 0 Å². The van der Waals surface area contributed by atoms with Gasteiger partial charge in [0, 0.05) is 26.2 Å². The Morgan fingerprint density at radius 3 is 2.50 bits per heavy atom. The molecule has 0 aromatic rings. The molecule has 2 fully saturated rings. The number of hydrogen-bond acceptors (Lipinski definition) is 4. The third-order valence-electron chi connectivity index (χ3n) is 3.87. The van der Waals surface area contributed by atoms with Crippen molar-refractivity contribution in [3.05, 3.63) is 0 Å². The molecule has 2 heterocycles. The maximum absolute atomic E-state index is 12.2. The number of nitrogens with zero attached hydrogens (tertiary/aromatic N) is 3. The number of carbonyl (C=O) groups excluding carboxylic acids is 1. The summed E-state index contributed by atoms with van der Waals surface area (Å²) >= 11 is 0. The molecule has 0 aliphatic carbocycles. The van der Waals surface area contributed by atoms with Gasteiger partial charge in [0.15, 0.2) is 0 Å². The van der Waals surface area contributed by atoms with E-state index >= 15 is 0 Å². The summed E-state index contributed by atoms with van der Waals surface area (Å²) in [7, 11) is 0. The van der Waals surface area contributed by atoms with Crippen molar-refractivity contribution in [3.8, 4) is 6.07 Å². The van der Waals surface area contributed by atoms with E-state index in [1.807, 2.05) is 18.7 Å². The monoisotopic (exact) mass is 251 g/mol. The Morgan fingerprint density at radius 2 is 2.00 bits per heavy atom. The van der Waals surface area contributed by atoms with Crippen LogP contribution >= 0.6 is 0 Å². The van der Waals surface area contributed by atoms with Crippen molar-refractivity contribution in [3.63, 3.8) is 0 Å². The van der Waals surface area contributed by atoms with Gasteiger partial charge in [-0.3, -0.25) is 9.69 Å². The fourth-order valence-electron chi connectivity index (χ4n) is 2.60. The first-order valence-corrected chi connectivity index (χ1v) is 6.69. The molecule has 3 atom stereocenters. The van der Waals surface area contributed by atoms with Crippen LogP contribution in [0.5, 0.6) is 0 Å². The zero-order valence-electron chi connectivity index (χ0n) is 11.1. The maximum Gasteiger partial charge on any atom is 0.251 e. The van der Waals surface area contributed by atoms with Gasteiger partial charge in [-0.2, -0.15) is 5.26 Å². The van der Waals surface area contributed by atoms with Gasteiger partial charge in [-0.05, 0) is 26.7 Å². The van der Waals surface area contributed by atoms with Crippen molar-refractivity contribution >= 4 is 5.91 Å². The summed E-state index contributed by atoms with van der Waals surface area (Å²) in [5.74, 6) is 0.128. The average Bonchev–Trinajstić information content (AvgIpc) is 2.84. The molecule has 0 radical (unpaired) electrons. The van der Waals surface area contributed by atoms with Crippen LogP contribution in [-0.2, 0) is 9.53 Å². The van der Waals surface area contributed by atoms with Crippen molar-refractivity contribution in [2.45, 2.75) is 44.9 Å². The van der Waals surface area contributed by atoms with Crippen LogP contribution in [0.15, 0.2) is 0 Å². The Labute approximate surface area is 108 Å². The van der Waals surface area contributed by atoms with Crippen LogP contribution in [-0.4, -0.2) is 60.1 Å². The van der Waals surface area contributed by atoms with Crippen LogP contribution in [0, 0.1) is 11.3 Å². The normalized spacial score (nSPS) is 31.1. The van der Waals surface area contributed by atoms with Gasteiger partial charge in [0.25, 0.3) is 5.91 Å². The largest absolute Gasteiger partial charge is 0.365 e. The van der Waals surface area contributed by atoms with Crippen molar-refractivity contribution in [2.24, 2.45) is 0 Å². The van der Waals surface area contributed by atoms with Gasteiger partial charge in [0.05, 0.1) is 18.2 Å². The number of ether oxygens (including phenoxy) is 1. The van der Waals surface area contributed by atoms with E-state index in [0.29, 0.717) is 13.1 Å². The maximum atomic E-state index is 12.2. The second-order valence-corrected chi connectivity index (χ2v) is 5.18. The second-order valence-electron chi connectivity index (χ2n) is 5.18. The number of hydrogen-bond donors (Lipinski definition) is 0. The number of nitriles is 1. The van der Waals surface area contributed by atoms with Gasteiger partial charge in [-0.25, -0.2) is 0 Å². The second kappa shape index (κ2) is 5.68. The van der Waals surface area contributed by atoms with Crippen molar-refractivity contribution in [1.29, 1.82) is 5.26 Å². The predicted molar refractivity (Wildman–Crippen MR) is 66.8 cm³/mol. The summed E-state index contributed by atoms with van der Waals surface area (Å²) in [6, 6.07) is 2.17. The van der Waals surface area contributed by atoms with Crippen LogP contribution in [0.1, 0.15) is 26.7 Å². The van der Waals surface area contributed by atoms with Crippen molar-refractivity contribution in [2.75, 3.05) is 26.2 Å². The molecule has 2 aliphatic heterocycles. The summed E-state index contributed by atoms with van der Waals surface area (Å²) in [5.41, 5.74) is 0. The van der Waals surface area contributed by atoms with E-state index in [0.717, 1.165) is 25.9 Å². The van der Waals surface area contributed by atoms with Gasteiger partial charge in [0.1, 0.15) is 6.10 Å².